The third-order valence-electron chi connectivity index (χ3n) is 4.67. The Morgan fingerprint density at radius 1 is 0.846 bits per heavy atom. The van der Waals surface area contributed by atoms with Crippen LogP contribution in [0.15, 0.2) is 78.9 Å². The minimum absolute atomic E-state index is 0.196. The van der Waals surface area contributed by atoms with Crippen LogP contribution in [0.1, 0.15) is 29.0 Å². The van der Waals surface area contributed by atoms with Crippen molar-refractivity contribution in [2.75, 3.05) is 13.7 Å². The van der Waals surface area contributed by atoms with E-state index in [0.29, 0.717) is 0 Å². The molecule has 3 rings (SSSR count). The molecule has 3 heteroatoms. The molecule has 0 radical (unpaired) electrons. The Morgan fingerprint density at radius 2 is 1.46 bits per heavy atom. The first-order chi connectivity index (χ1) is 12.8. The van der Waals surface area contributed by atoms with Crippen LogP contribution < -0.4 is 10.1 Å². The van der Waals surface area contributed by atoms with E-state index in [1.165, 1.54) is 11.1 Å². The van der Waals surface area contributed by atoms with Gasteiger partial charge in [0.25, 0.3) is 0 Å². The molecule has 0 unspecified atom stereocenters. The molecule has 3 aromatic rings. The second kappa shape index (κ2) is 9.16. The summed E-state index contributed by atoms with van der Waals surface area (Å²) in [6.07, 6.45) is 0.991. The lowest BCUT2D eigenvalue weighted by molar-refractivity contribution is -0.671. The number of quaternary nitrogens is 1. The van der Waals surface area contributed by atoms with E-state index in [-0.39, 0.29) is 11.7 Å². The van der Waals surface area contributed by atoms with Crippen LogP contribution in [0.4, 0.5) is 4.39 Å². The lowest BCUT2D eigenvalue weighted by Crippen LogP contribution is -2.82. The van der Waals surface area contributed by atoms with Gasteiger partial charge >= 0.3 is 0 Å². The zero-order valence-corrected chi connectivity index (χ0v) is 15.1. The number of benzene rings is 3. The monoisotopic (exact) mass is 350 g/mol. The summed E-state index contributed by atoms with van der Waals surface area (Å²) < 4.78 is 18.6. The van der Waals surface area contributed by atoms with Gasteiger partial charge in [0.15, 0.2) is 0 Å². The Morgan fingerprint density at radius 3 is 2.08 bits per heavy atom. The number of hydrogen-bond acceptors (Lipinski definition) is 1. The average molecular weight is 350 g/mol. The van der Waals surface area contributed by atoms with Gasteiger partial charge in [-0.2, -0.15) is 0 Å². The van der Waals surface area contributed by atoms with Crippen LogP contribution in [0.5, 0.6) is 5.75 Å². The van der Waals surface area contributed by atoms with Gasteiger partial charge in [-0.3, -0.25) is 0 Å². The third kappa shape index (κ3) is 4.93. The second-order valence-electron chi connectivity index (χ2n) is 6.43. The van der Waals surface area contributed by atoms with E-state index in [1.54, 1.807) is 19.2 Å². The van der Waals surface area contributed by atoms with E-state index in [1.807, 2.05) is 30.3 Å². The molecular formula is C23H25FNO+. The van der Waals surface area contributed by atoms with Crippen molar-refractivity contribution in [3.63, 3.8) is 0 Å². The minimum atomic E-state index is -0.196. The SMILES string of the molecule is COc1ccc([C@H](CC[NH2+]Cc2ccccc2)c2ccc(F)cc2)cc1. The molecule has 0 aliphatic rings. The quantitative estimate of drug-likeness (QED) is 0.608. The van der Waals surface area contributed by atoms with Crippen molar-refractivity contribution >= 4 is 0 Å². The van der Waals surface area contributed by atoms with E-state index in [9.17, 15) is 4.39 Å². The molecule has 0 heterocycles. The van der Waals surface area contributed by atoms with E-state index in [2.05, 4.69) is 41.7 Å². The number of halogens is 1. The van der Waals surface area contributed by atoms with Crippen LogP contribution in [-0.2, 0) is 6.54 Å². The number of ether oxygens (including phenoxy) is 1. The highest BCUT2D eigenvalue weighted by Crippen LogP contribution is 2.29. The summed E-state index contributed by atoms with van der Waals surface area (Å²) in [5.41, 5.74) is 3.70. The molecule has 0 amide bonds. The molecule has 0 saturated carbocycles. The lowest BCUT2D eigenvalue weighted by Gasteiger charge is -2.18. The van der Waals surface area contributed by atoms with E-state index in [0.717, 1.165) is 30.8 Å². The lowest BCUT2D eigenvalue weighted by atomic mass is 9.88. The van der Waals surface area contributed by atoms with Crippen LogP contribution in [0, 0.1) is 5.82 Å². The largest absolute Gasteiger partial charge is 0.497 e. The molecule has 26 heavy (non-hydrogen) atoms. The number of rotatable bonds is 8. The molecule has 0 aromatic heterocycles. The number of methoxy groups -OCH3 is 1. The van der Waals surface area contributed by atoms with Gasteiger partial charge < -0.3 is 10.1 Å². The highest BCUT2D eigenvalue weighted by Gasteiger charge is 2.15. The van der Waals surface area contributed by atoms with Crippen molar-refractivity contribution in [3.05, 3.63) is 101 Å². The average Bonchev–Trinajstić information content (AvgIpc) is 2.70. The third-order valence-corrected chi connectivity index (χ3v) is 4.67. The van der Waals surface area contributed by atoms with E-state index in [4.69, 9.17) is 4.74 Å². The maximum Gasteiger partial charge on any atom is 0.123 e. The van der Waals surface area contributed by atoms with Crippen molar-refractivity contribution in [2.24, 2.45) is 0 Å². The minimum Gasteiger partial charge on any atom is -0.497 e. The fraction of sp³-hybridized carbons (Fsp3) is 0.217. The summed E-state index contributed by atoms with van der Waals surface area (Å²) in [6.45, 7) is 1.97. The molecule has 134 valence electrons. The summed E-state index contributed by atoms with van der Waals surface area (Å²) in [5, 5.41) is 2.33. The Kier molecular flexibility index (Phi) is 6.39. The molecule has 2 N–H and O–H groups in total. The normalized spacial score (nSPS) is 11.9. The predicted molar refractivity (Wildman–Crippen MR) is 103 cm³/mol. The summed E-state index contributed by atoms with van der Waals surface area (Å²) in [7, 11) is 1.67. The van der Waals surface area contributed by atoms with Crippen LogP contribution in [0.2, 0.25) is 0 Å². The topological polar surface area (TPSA) is 25.8 Å². The van der Waals surface area contributed by atoms with Crippen LogP contribution in [0.3, 0.4) is 0 Å². The maximum atomic E-state index is 13.3. The van der Waals surface area contributed by atoms with E-state index < -0.39 is 0 Å². The van der Waals surface area contributed by atoms with Gasteiger partial charge in [0.2, 0.25) is 0 Å². The van der Waals surface area contributed by atoms with Crippen molar-refractivity contribution in [3.8, 4) is 5.75 Å². The van der Waals surface area contributed by atoms with Gasteiger partial charge in [0.05, 0.1) is 13.7 Å². The Labute approximate surface area is 154 Å². The summed E-state index contributed by atoms with van der Waals surface area (Å²) >= 11 is 0. The Hall–Kier alpha value is -2.65. The smallest absolute Gasteiger partial charge is 0.123 e. The second-order valence-corrected chi connectivity index (χ2v) is 6.43. The highest BCUT2D eigenvalue weighted by molar-refractivity contribution is 5.36. The highest BCUT2D eigenvalue weighted by atomic mass is 19.1. The first-order valence-corrected chi connectivity index (χ1v) is 9.01. The molecule has 0 aliphatic carbocycles. The zero-order chi connectivity index (χ0) is 18.2. The van der Waals surface area contributed by atoms with Gasteiger partial charge in [0.1, 0.15) is 18.1 Å². The molecule has 0 fully saturated rings. The zero-order valence-electron chi connectivity index (χ0n) is 15.1. The van der Waals surface area contributed by atoms with E-state index >= 15 is 0 Å². The summed E-state index contributed by atoms with van der Waals surface area (Å²) in [6, 6.07) is 25.5. The summed E-state index contributed by atoms with van der Waals surface area (Å²) in [5.74, 6) is 0.897. The molecular weight excluding hydrogens is 325 g/mol. The standard InChI is InChI=1S/C23H24FNO/c1-26-22-13-9-20(10-14-22)23(19-7-11-21(24)12-8-19)15-16-25-17-18-5-3-2-4-6-18/h2-14,23,25H,15-17H2,1H3/p+1/t23-/m1/s1. The molecule has 2 nitrogen and oxygen atoms in total. The van der Waals surface area contributed by atoms with Crippen molar-refractivity contribution in [2.45, 2.75) is 18.9 Å². The Balaban J connectivity index is 1.69. The van der Waals surface area contributed by atoms with Gasteiger partial charge in [0, 0.05) is 17.9 Å². The molecule has 3 aromatic carbocycles. The summed E-state index contributed by atoms with van der Waals surface area (Å²) in [4.78, 5) is 0. The fourth-order valence-electron chi connectivity index (χ4n) is 3.22. The van der Waals surface area contributed by atoms with Crippen molar-refractivity contribution < 1.29 is 14.4 Å². The Bertz CT molecular complexity index is 785. The van der Waals surface area contributed by atoms with Crippen LogP contribution in [0.25, 0.3) is 0 Å². The van der Waals surface area contributed by atoms with Crippen LogP contribution >= 0.6 is 0 Å². The molecule has 0 bridgehead atoms. The van der Waals surface area contributed by atoms with Gasteiger partial charge in [-0.1, -0.05) is 54.6 Å². The van der Waals surface area contributed by atoms with Crippen molar-refractivity contribution in [1.29, 1.82) is 0 Å². The molecule has 0 saturated heterocycles. The molecule has 0 aliphatic heterocycles. The van der Waals surface area contributed by atoms with Crippen molar-refractivity contribution in [1.82, 2.24) is 0 Å². The molecule has 0 spiro atoms. The first kappa shape index (κ1) is 18.2. The fourth-order valence-corrected chi connectivity index (χ4v) is 3.22. The first-order valence-electron chi connectivity index (χ1n) is 9.01. The number of nitrogens with two attached hydrogens (primary N) is 1. The maximum absolute atomic E-state index is 13.3. The molecule has 1 atom stereocenters. The van der Waals surface area contributed by atoms with Gasteiger partial charge in [-0.25, -0.2) is 4.39 Å². The van der Waals surface area contributed by atoms with Gasteiger partial charge in [-0.05, 0) is 35.4 Å². The predicted octanol–water partition coefficient (Wildman–Crippen LogP) is 4.12. The van der Waals surface area contributed by atoms with Crippen LogP contribution in [-0.4, -0.2) is 13.7 Å². The number of hydrogen-bond donors (Lipinski definition) is 1. The van der Waals surface area contributed by atoms with Gasteiger partial charge in [-0.15, -0.1) is 0 Å².